The molecule has 0 saturated heterocycles. The van der Waals surface area contributed by atoms with E-state index in [1.165, 1.54) is 11.5 Å². The molecule has 1 amide bonds. The summed E-state index contributed by atoms with van der Waals surface area (Å²) in [6.07, 6.45) is 0. The van der Waals surface area contributed by atoms with Gasteiger partial charge in [0.25, 0.3) is 5.91 Å². The first-order chi connectivity index (χ1) is 9.09. The molecule has 1 aromatic rings. The number of hydrogen-bond donors (Lipinski definition) is 3. The van der Waals surface area contributed by atoms with Crippen molar-refractivity contribution >= 4 is 28.3 Å². The molecule has 1 fully saturated rings. The Bertz CT molecular complexity index is 519. The van der Waals surface area contributed by atoms with Gasteiger partial charge in [0.05, 0.1) is 0 Å². The number of carbonyl (C=O) groups excluding carboxylic acids is 1. The summed E-state index contributed by atoms with van der Waals surface area (Å²) in [5.74, 6) is 0.136. The average Bonchev–Trinajstić information content (AvgIpc) is 2.60. The van der Waals surface area contributed by atoms with Crippen molar-refractivity contribution in [3.8, 4) is 0 Å². The third-order valence-corrected chi connectivity index (χ3v) is 5.45. The molecule has 5 nitrogen and oxygen atoms in total. The van der Waals surface area contributed by atoms with E-state index in [0.29, 0.717) is 17.4 Å². The van der Waals surface area contributed by atoms with Crippen LogP contribution in [-0.4, -0.2) is 22.4 Å². The normalized spacial score (nSPS) is 19.9. The molecule has 1 aliphatic rings. The maximum absolute atomic E-state index is 12.2. The summed E-state index contributed by atoms with van der Waals surface area (Å²) in [4.78, 5) is 12.2. The van der Waals surface area contributed by atoms with Crippen molar-refractivity contribution in [3.05, 3.63) is 5.56 Å². The molecule has 0 atom stereocenters. The topological polar surface area (TPSA) is 80.0 Å². The van der Waals surface area contributed by atoms with E-state index in [1.807, 2.05) is 13.8 Å². The Hall–Kier alpha value is -1.30. The van der Waals surface area contributed by atoms with Gasteiger partial charge in [-0.05, 0) is 36.2 Å². The van der Waals surface area contributed by atoms with Gasteiger partial charge in [-0.3, -0.25) is 4.79 Å². The van der Waals surface area contributed by atoms with E-state index in [0.717, 1.165) is 5.00 Å². The Kier molecular flexibility index (Phi) is 3.48. The minimum absolute atomic E-state index is 0.0726. The highest BCUT2D eigenvalue weighted by Gasteiger charge is 2.65. The lowest BCUT2D eigenvalue weighted by Gasteiger charge is -2.11. The van der Waals surface area contributed by atoms with Gasteiger partial charge in [0.15, 0.2) is 5.82 Å². The Labute approximate surface area is 124 Å². The molecule has 6 heteroatoms. The van der Waals surface area contributed by atoms with Gasteiger partial charge in [-0.25, -0.2) is 0 Å². The largest absolute Gasteiger partial charge is 0.382 e. The smallest absolute Gasteiger partial charge is 0.258 e. The van der Waals surface area contributed by atoms with Gasteiger partial charge in [-0.1, -0.05) is 27.7 Å². The summed E-state index contributed by atoms with van der Waals surface area (Å²) in [5.41, 5.74) is 6.71. The summed E-state index contributed by atoms with van der Waals surface area (Å²) < 4.78 is 4.12. The summed E-state index contributed by atoms with van der Waals surface area (Å²) in [6, 6.07) is 0.393. The predicted molar refractivity (Wildman–Crippen MR) is 84.1 cm³/mol. The molecular formula is C14H24N4OS. The Morgan fingerprint density at radius 2 is 1.85 bits per heavy atom. The van der Waals surface area contributed by atoms with Crippen LogP contribution in [0.4, 0.5) is 10.8 Å². The molecule has 1 aromatic heterocycles. The minimum atomic E-state index is -0.162. The van der Waals surface area contributed by atoms with Gasteiger partial charge in [0.1, 0.15) is 10.6 Å². The first-order valence-corrected chi connectivity index (χ1v) is 7.69. The van der Waals surface area contributed by atoms with Gasteiger partial charge in [0, 0.05) is 12.1 Å². The number of nitrogen functional groups attached to an aromatic ring is 1. The van der Waals surface area contributed by atoms with Gasteiger partial charge < -0.3 is 16.4 Å². The van der Waals surface area contributed by atoms with Crippen LogP contribution in [0.5, 0.6) is 0 Å². The van der Waals surface area contributed by atoms with E-state index in [2.05, 4.69) is 42.7 Å². The van der Waals surface area contributed by atoms with Gasteiger partial charge >= 0.3 is 0 Å². The van der Waals surface area contributed by atoms with Gasteiger partial charge in [-0.15, -0.1) is 0 Å². The third-order valence-electron chi connectivity index (χ3n) is 4.66. The number of rotatable bonds is 4. The highest BCUT2D eigenvalue weighted by Crippen LogP contribution is 2.64. The highest BCUT2D eigenvalue weighted by molar-refractivity contribution is 7.11. The Morgan fingerprint density at radius 1 is 1.30 bits per heavy atom. The summed E-state index contributed by atoms with van der Waals surface area (Å²) in [6.45, 7) is 12.7. The molecule has 2 rings (SSSR count). The maximum atomic E-state index is 12.2. The monoisotopic (exact) mass is 296 g/mol. The van der Waals surface area contributed by atoms with Gasteiger partial charge in [0.2, 0.25) is 0 Å². The molecule has 112 valence electrons. The van der Waals surface area contributed by atoms with E-state index >= 15 is 0 Å². The number of amides is 1. The van der Waals surface area contributed by atoms with E-state index in [-0.39, 0.29) is 22.8 Å². The Balaban J connectivity index is 2.21. The van der Waals surface area contributed by atoms with Crippen molar-refractivity contribution in [2.75, 3.05) is 11.1 Å². The molecule has 0 spiro atoms. The zero-order valence-corrected chi connectivity index (χ0v) is 13.8. The van der Waals surface area contributed by atoms with E-state index in [1.54, 1.807) is 0 Å². The fourth-order valence-corrected chi connectivity index (χ4v) is 3.38. The lowest BCUT2D eigenvalue weighted by atomic mass is 10.0. The molecule has 0 aromatic carbocycles. The lowest BCUT2D eigenvalue weighted by Crippen LogP contribution is -2.31. The molecule has 0 radical (unpaired) electrons. The van der Waals surface area contributed by atoms with Crippen molar-refractivity contribution < 1.29 is 4.79 Å². The number of carbonyl (C=O) groups is 1. The Morgan fingerprint density at radius 3 is 2.30 bits per heavy atom. The number of nitrogens with one attached hydrogen (secondary N) is 2. The number of nitrogens with two attached hydrogens (primary N) is 1. The van der Waals surface area contributed by atoms with Crippen LogP contribution in [0, 0.1) is 10.8 Å². The second-order valence-corrected chi connectivity index (χ2v) is 7.69. The van der Waals surface area contributed by atoms with Crippen LogP contribution in [0.15, 0.2) is 0 Å². The van der Waals surface area contributed by atoms with E-state index in [9.17, 15) is 4.79 Å². The molecule has 1 aliphatic carbocycles. The number of nitrogens with zero attached hydrogens (tertiary/aromatic N) is 1. The molecule has 0 unspecified atom stereocenters. The van der Waals surface area contributed by atoms with Crippen LogP contribution < -0.4 is 16.4 Å². The van der Waals surface area contributed by atoms with E-state index in [4.69, 9.17) is 5.73 Å². The molecule has 0 bridgehead atoms. The molecule has 4 N–H and O–H groups in total. The fraction of sp³-hybridized carbons (Fsp3) is 0.714. The first-order valence-electron chi connectivity index (χ1n) is 6.91. The second-order valence-electron chi connectivity index (χ2n) is 6.92. The van der Waals surface area contributed by atoms with Crippen LogP contribution in [0.2, 0.25) is 0 Å². The van der Waals surface area contributed by atoms with Crippen LogP contribution >= 0.6 is 11.5 Å². The van der Waals surface area contributed by atoms with E-state index < -0.39 is 0 Å². The summed E-state index contributed by atoms with van der Waals surface area (Å²) >= 11 is 1.25. The molecular weight excluding hydrogens is 272 g/mol. The second kappa shape index (κ2) is 4.62. The SMILES string of the molecule is CC(C)NC(=O)c1c(N)nsc1NC1C(C)(C)C1(C)C. The summed E-state index contributed by atoms with van der Waals surface area (Å²) in [5, 5.41) is 7.09. The fourth-order valence-electron chi connectivity index (χ4n) is 2.64. The average molecular weight is 296 g/mol. The lowest BCUT2D eigenvalue weighted by molar-refractivity contribution is 0.0945. The number of anilines is 2. The standard InChI is InChI=1S/C14H24N4OS/c1-7(2)16-10(19)8-9(15)18-20-11(8)17-12-13(3,4)14(12,5)6/h7,12,17H,1-6H3,(H2,15,18)(H,16,19). The van der Waals surface area contributed by atoms with Crippen molar-refractivity contribution in [2.45, 2.75) is 53.6 Å². The molecule has 0 aliphatic heterocycles. The summed E-state index contributed by atoms with van der Waals surface area (Å²) in [7, 11) is 0. The van der Waals surface area contributed by atoms with Crippen LogP contribution in [-0.2, 0) is 0 Å². The van der Waals surface area contributed by atoms with Crippen molar-refractivity contribution in [1.29, 1.82) is 0 Å². The van der Waals surface area contributed by atoms with Crippen molar-refractivity contribution in [1.82, 2.24) is 9.69 Å². The van der Waals surface area contributed by atoms with Crippen molar-refractivity contribution in [2.24, 2.45) is 10.8 Å². The number of aromatic nitrogens is 1. The van der Waals surface area contributed by atoms with Crippen molar-refractivity contribution in [3.63, 3.8) is 0 Å². The number of hydrogen-bond acceptors (Lipinski definition) is 5. The van der Waals surface area contributed by atoms with Crippen LogP contribution in [0.1, 0.15) is 51.9 Å². The first kappa shape index (κ1) is 15.1. The maximum Gasteiger partial charge on any atom is 0.258 e. The third kappa shape index (κ3) is 2.26. The minimum Gasteiger partial charge on any atom is -0.382 e. The molecule has 1 heterocycles. The molecule has 1 saturated carbocycles. The zero-order valence-electron chi connectivity index (χ0n) is 13.0. The quantitative estimate of drug-likeness (QED) is 0.798. The highest BCUT2D eigenvalue weighted by atomic mass is 32.1. The van der Waals surface area contributed by atoms with Gasteiger partial charge in [-0.2, -0.15) is 4.37 Å². The zero-order chi connectivity index (χ0) is 15.3. The molecule has 20 heavy (non-hydrogen) atoms. The van der Waals surface area contributed by atoms with Crippen LogP contribution in [0.25, 0.3) is 0 Å². The predicted octanol–water partition coefficient (Wildman–Crippen LogP) is 2.71. The van der Waals surface area contributed by atoms with Crippen LogP contribution in [0.3, 0.4) is 0 Å².